The number of hydrogen-bond donors (Lipinski definition) is 1. The van der Waals surface area contributed by atoms with Crippen LogP contribution in [0.5, 0.6) is 11.5 Å². The minimum Gasteiger partial charge on any atom is -0.493 e. The molecule has 1 N–H and O–H groups in total. The lowest BCUT2D eigenvalue weighted by molar-refractivity contribution is 0.0399. The van der Waals surface area contributed by atoms with Gasteiger partial charge in [0.1, 0.15) is 17.1 Å². The average Bonchev–Trinajstić information content (AvgIpc) is 2.48. The minimum absolute atomic E-state index is 0.385. The van der Waals surface area contributed by atoms with E-state index in [4.69, 9.17) is 14.6 Å². The molecular formula is C16H19NO4. The molecule has 1 fully saturated rings. The smallest absolute Gasteiger partial charge is 0.407 e. The number of carbonyl (C=O) groups is 1. The maximum Gasteiger partial charge on any atom is 0.407 e. The maximum absolute atomic E-state index is 11.0. The van der Waals surface area contributed by atoms with Crippen molar-refractivity contribution in [2.45, 2.75) is 25.4 Å². The Morgan fingerprint density at radius 2 is 2.19 bits per heavy atom. The molecule has 2 heterocycles. The van der Waals surface area contributed by atoms with Gasteiger partial charge in [-0.15, -0.1) is 0 Å². The van der Waals surface area contributed by atoms with Crippen molar-refractivity contribution in [3.8, 4) is 11.5 Å². The maximum atomic E-state index is 11.0. The Kier molecular flexibility index (Phi) is 3.49. The van der Waals surface area contributed by atoms with Gasteiger partial charge < -0.3 is 19.5 Å². The summed E-state index contributed by atoms with van der Waals surface area (Å²) in [5, 5.41) is 9.03. The fraction of sp³-hybridized carbons (Fsp3) is 0.438. The highest BCUT2D eigenvalue weighted by atomic mass is 16.5. The molecule has 1 amide bonds. The summed E-state index contributed by atoms with van der Waals surface area (Å²) < 4.78 is 11.8. The van der Waals surface area contributed by atoms with Gasteiger partial charge in [0.25, 0.3) is 0 Å². The number of nitrogens with zero attached hydrogens (tertiary/aromatic N) is 1. The highest BCUT2D eigenvalue weighted by molar-refractivity contribution is 5.68. The molecule has 2 aliphatic heterocycles. The second-order valence-corrected chi connectivity index (χ2v) is 5.37. The van der Waals surface area contributed by atoms with Crippen molar-refractivity contribution in [3.05, 3.63) is 29.8 Å². The summed E-state index contributed by atoms with van der Waals surface area (Å²) in [6.45, 7) is 3.57. The largest absolute Gasteiger partial charge is 0.493 e. The molecule has 2 aliphatic rings. The number of amides is 1. The molecule has 0 atom stereocenters. The predicted molar refractivity (Wildman–Crippen MR) is 78.8 cm³/mol. The van der Waals surface area contributed by atoms with E-state index in [9.17, 15) is 4.79 Å². The Morgan fingerprint density at radius 3 is 2.86 bits per heavy atom. The number of ether oxygens (including phenoxy) is 2. The number of carboxylic acid groups (broad SMARTS) is 1. The van der Waals surface area contributed by atoms with Gasteiger partial charge in [-0.1, -0.05) is 6.07 Å². The third-order valence-corrected chi connectivity index (χ3v) is 4.07. The van der Waals surface area contributed by atoms with Gasteiger partial charge >= 0.3 is 6.09 Å². The standard InChI is InChI=1S/C16H19NO4/c1-2-20-13-4-3-5-14-12(13)6-7-16(21-14)8-10-17(11-9-16)15(18)19/h3-7H,2,8-11H2,1H3,(H,18,19). The number of hydrogen-bond acceptors (Lipinski definition) is 3. The first-order valence-corrected chi connectivity index (χ1v) is 7.25. The second-order valence-electron chi connectivity index (χ2n) is 5.37. The van der Waals surface area contributed by atoms with Crippen LogP contribution < -0.4 is 9.47 Å². The number of benzene rings is 1. The summed E-state index contributed by atoms with van der Waals surface area (Å²) in [4.78, 5) is 12.4. The Labute approximate surface area is 123 Å². The van der Waals surface area contributed by atoms with Gasteiger partial charge in [0, 0.05) is 25.9 Å². The van der Waals surface area contributed by atoms with Crippen LogP contribution in [-0.4, -0.2) is 41.4 Å². The lowest BCUT2D eigenvalue weighted by atomic mass is 9.88. The van der Waals surface area contributed by atoms with E-state index in [0.717, 1.165) is 17.1 Å². The van der Waals surface area contributed by atoms with E-state index in [2.05, 4.69) is 6.08 Å². The summed E-state index contributed by atoms with van der Waals surface area (Å²) in [7, 11) is 0. The summed E-state index contributed by atoms with van der Waals surface area (Å²) >= 11 is 0. The fourth-order valence-electron chi connectivity index (χ4n) is 2.89. The zero-order valence-corrected chi connectivity index (χ0v) is 12.0. The Bertz CT molecular complexity index is 574. The second kappa shape index (κ2) is 5.31. The molecule has 0 saturated carbocycles. The first-order valence-electron chi connectivity index (χ1n) is 7.25. The molecule has 0 aliphatic carbocycles. The van der Waals surface area contributed by atoms with Crippen LogP contribution in [0.2, 0.25) is 0 Å². The highest BCUT2D eigenvalue weighted by Crippen LogP contribution is 2.40. The van der Waals surface area contributed by atoms with Gasteiger partial charge in [-0.2, -0.15) is 0 Å². The molecule has 0 unspecified atom stereocenters. The lowest BCUT2D eigenvalue weighted by Crippen LogP contribution is -2.49. The number of fused-ring (bicyclic) bond motifs is 1. The van der Waals surface area contributed by atoms with Crippen molar-refractivity contribution in [2.24, 2.45) is 0 Å². The number of likely N-dealkylation sites (tertiary alicyclic amines) is 1. The van der Waals surface area contributed by atoms with E-state index >= 15 is 0 Å². The van der Waals surface area contributed by atoms with E-state index in [0.29, 0.717) is 32.5 Å². The molecule has 5 heteroatoms. The number of piperidine rings is 1. The zero-order valence-electron chi connectivity index (χ0n) is 12.0. The van der Waals surface area contributed by atoms with Gasteiger partial charge in [-0.3, -0.25) is 0 Å². The van der Waals surface area contributed by atoms with Crippen molar-refractivity contribution >= 4 is 12.2 Å². The van der Waals surface area contributed by atoms with Gasteiger partial charge in [0.15, 0.2) is 0 Å². The Morgan fingerprint density at radius 1 is 1.43 bits per heavy atom. The Hall–Kier alpha value is -2.17. The molecule has 112 valence electrons. The van der Waals surface area contributed by atoms with Crippen LogP contribution in [0.15, 0.2) is 24.3 Å². The summed E-state index contributed by atoms with van der Waals surface area (Å²) in [6, 6.07) is 5.79. The van der Waals surface area contributed by atoms with Crippen LogP contribution in [0.3, 0.4) is 0 Å². The van der Waals surface area contributed by atoms with Gasteiger partial charge in [0.05, 0.1) is 12.2 Å². The fourth-order valence-corrected chi connectivity index (χ4v) is 2.89. The van der Waals surface area contributed by atoms with E-state index in [1.807, 2.05) is 31.2 Å². The molecule has 5 nitrogen and oxygen atoms in total. The van der Waals surface area contributed by atoms with Crippen molar-refractivity contribution in [3.63, 3.8) is 0 Å². The molecule has 1 aromatic carbocycles. The SMILES string of the molecule is CCOc1cccc2c1C=CC1(CCN(C(=O)O)CC1)O2. The normalized spacial score (nSPS) is 19.0. The molecule has 1 aromatic rings. The van der Waals surface area contributed by atoms with Crippen molar-refractivity contribution in [1.29, 1.82) is 0 Å². The topological polar surface area (TPSA) is 59.0 Å². The van der Waals surface area contributed by atoms with Crippen LogP contribution in [0.4, 0.5) is 4.79 Å². The summed E-state index contributed by atoms with van der Waals surface area (Å²) in [6.07, 6.45) is 4.59. The van der Waals surface area contributed by atoms with Crippen LogP contribution in [0.1, 0.15) is 25.3 Å². The first-order chi connectivity index (χ1) is 10.1. The average molecular weight is 289 g/mol. The van der Waals surface area contributed by atoms with E-state index in [1.165, 1.54) is 4.90 Å². The van der Waals surface area contributed by atoms with Gasteiger partial charge in [-0.05, 0) is 31.2 Å². The molecule has 0 radical (unpaired) electrons. The van der Waals surface area contributed by atoms with Crippen molar-refractivity contribution < 1.29 is 19.4 Å². The van der Waals surface area contributed by atoms with Gasteiger partial charge in [-0.25, -0.2) is 4.79 Å². The predicted octanol–water partition coefficient (Wildman–Crippen LogP) is 3.00. The summed E-state index contributed by atoms with van der Waals surface area (Å²) in [5.41, 5.74) is 0.578. The van der Waals surface area contributed by atoms with Crippen LogP contribution in [0.25, 0.3) is 6.08 Å². The Balaban J connectivity index is 1.81. The monoisotopic (exact) mass is 289 g/mol. The zero-order chi connectivity index (χ0) is 14.9. The van der Waals surface area contributed by atoms with Crippen molar-refractivity contribution in [2.75, 3.05) is 19.7 Å². The summed E-state index contributed by atoms with van der Waals surface area (Å²) in [5.74, 6) is 1.64. The van der Waals surface area contributed by atoms with E-state index < -0.39 is 6.09 Å². The lowest BCUT2D eigenvalue weighted by Gasteiger charge is -2.41. The molecule has 1 spiro atoms. The molecular weight excluding hydrogens is 270 g/mol. The highest BCUT2D eigenvalue weighted by Gasteiger charge is 2.38. The van der Waals surface area contributed by atoms with Crippen molar-refractivity contribution in [1.82, 2.24) is 4.90 Å². The molecule has 3 rings (SSSR count). The molecule has 1 saturated heterocycles. The third kappa shape index (κ3) is 2.55. The quantitative estimate of drug-likeness (QED) is 0.909. The molecule has 0 aromatic heterocycles. The number of rotatable bonds is 2. The molecule has 0 bridgehead atoms. The van der Waals surface area contributed by atoms with E-state index in [1.54, 1.807) is 0 Å². The van der Waals surface area contributed by atoms with Crippen LogP contribution in [-0.2, 0) is 0 Å². The third-order valence-electron chi connectivity index (χ3n) is 4.07. The van der Waals surface area contributed by atoms with E-state index in [-0.39, 0.29) is 5.60 Å². The first kappa shape index (κ1) is 13.8. The minimum atomic E-state index is -0.858. The van der Waals surface area contributed by atoms with Crippen LogP contribution >= 0.6 is 0 Å². The van der Waals surface area contributed by atoms with Gasteiger partial charge in [0.2, 0.25) is 0 Å². The van der Waals surface area contributed by atoms with Crippen LogP contribution in [0, 0.1) is 0 Å². The molecule has 21 heavy (non-hydrogen) atoms.